The smallest absolute Gasteiger partial charge is 0.248 e. The molecule has 0 saturated heterocycles. The van der Waals surface area contributed by atoms with Gasteiger partial charge < -0.3 is 9.73 Å². The standard InChI is InChI=1S/C22H17N5O2/c1-14-23-13-21-27(14)26-22(29-21)18-8-9-19(24-12-18)25-20(28)11-15-6-7-16-4-2-3-5-17(16)10-15/h2-10,12-13H,11H2,1H3,(H,24,25,28). The molecule has 3 heterocycles. The first-order valence-corrected chi connectivity index (χ1v) is 9.21. The number of pyridine rings is 1. The number of aryl methyl sites for hydroxylation is 1. The largest absolute Gasteiger partial charge is 0.417 e. The third kappa shape index (κ3) is 3.34. The van der Waals surface area contributed by atoms with Gasteiger partial charge in [-0.25, -0.2) is 9.97 Å². The van der Waals surface area contributed by atoms with Gasteiger partial charge in [-0.05, 0) is 35.4 Å². The van der Waals surface area contributed by atoms with Crippen molar-refractivity contribution in [3.8, 4) is 11.5 Å². The van der Waals surface area contributed by atoms with E-state index in [1.165, 1.54) is 0 Å². The molecule has 29 heavy (non-hydrogen) atoms. The fourth-order valence-corrected chi connectivity index (χ4v) is 3.25. The van der Waals surface area contributed by atoms with Gasteiger partial charge in [-0.1, -0.05) is 42.5 Å². The molecule has 1 N–H and O–H groups in total. The maximum Gasteiger partial charge on any atom is 0.248 e. The van der Waals surface area contributed by atoms with Crippen LogP contribution in [0.25, 0.3) is 27.9 Å². The van der Waals surface area contributed by atoms with Gasteiger partial charge in [-0.2, -0.15) is 4.52 Å². The van der Waals surface area contributed by atoms with Crippen molar-refractivity contribution >= 4 is 28.2 Å². The molecule has 0 spiro atoms. The summed E-state index contributed by atoms with van der Waals surface area (Å²) in [4.78, 5) is 20.8. The normalized spacial score (nSPS) is 11.2. The predicted molar refractivity (Wildman–Crippen MR) is 110 cm³/mol. The Labute approximate surface area is 166 Å². The lowest BCUT2D eigenvalue weighted by atomic mass is 10.0. The van der Waals surface area contributed by atoms with E-state index < -0.39 is 0 Å². The molecule has 1 amide bonds. The molecule has 2 aromatic carbocycles. The second-order valence-electron chi connectivity index (χ2n) is 6.80. The number of benzene rings is 2. The van der Waals surface area contributed by atoms with Crippen molar-refractivity contribution in [1.82, 2.24) is 19.6 Å². The molecular formula is C22H17N5O2. The van der Waals surface area contributed by atoms with Crippen molar-refractivity contribution in [3.63, 3.8) is 0 Å². The van der Waals surface area contributed by atoms with Crippen molar-refractivity contribution in [2.75, 3.05) is 5.32 Å². The average Bonchev–Trinajstić information content (AvgIpc) is 3.30. The van der Waals surface area contributed by atoms with Gasteiger partial charge in [0.1, 0.15) is 11.6 Å². The highest BCUT2D eigenvalue weighted by Crippen LogP contribution is 2.21. The number of nitrogens with zero attached hydrogens (tertiary/aromatic N) is 4. The van der Waals surface area contributed by atoms with Crippen molar-refractivity contribution in [1.29, 1.82) is 0 Å². The Balaban J connectivity index is 1.29. The zero-order valence-electron chi connectivity index (χ0n) is 15.7. The summed E-state index contributed by atoms with van der Waals surface area (Å²) in [6.45, 7) is 1.85. The summed E-state index contributed by atoms with van der Waals surface area (Å²) in [5.74, 6) is 1.57. The van der Waals surface area contributed by atoms with Crippen LogP contribution in [0.4, 0.5) is 5.82 Å². The number of nitrogens with one attached hydrogen (secondary N) is 1. The number of carbonyl (C=O) groups excluding carboxylic acids is 1. The van der Waals surface area contributed by atoms with Crippen LogP contribution >= 0.6 is 0 Å². The van der Waals surface area contributed by atoms with Gasteiger partial charge in [0.15, 0.2) is 0 Å². The number of aromatic nitrogens is 4. The topological polar surface area (TPSA) is 85.3 Å². The summed E-state index contributed by atoms with van der Waals surface area (Å²) in [5.41, 5.74) is 2.25. The molecule has 0 aliphatic carbocycles. The predicted octanol–water partition coefficient (Wildman–Crippen LogP) is 4.03. The van der Waals surface area contributed by atoms with Crippen LogP contribution in [0.15, 0.2) is 71.4 Å². The Kier molecular flexibility index (Phi) is 4.05. The van der Waals surface area contributed by atoms with Crippen LogP contribution in [0, 0.1) is 6.92 Å². The number of fused-ring (bicyclic) bond motifs is 2. The monoisotopic (exact) mass is 383 g/mol. The molecule has 5 rings (SSSR count). The first-order chi connectivity index (χ1) is 14.2. The minimum atomic E-state index is -0.118. The number of imidazole rings is 1. The van der Waals surface area contributed by atoms with Gasteiger partial charge in [0, 0.05) is 6.20 Å². The summed E-state index contributed by atoms with van der Waals surface area (Å²) in [7, 11) is 0. The summed E-state index contributed by atoms with van der Waals surface area (Å²) in [5, 5.41) is 9.48. The van der Waals surface area contributed by atoms with Crippen LogP contribution in [0.1, 0.15) is 11.4 Å². The van der Waals surface area contributed by atoms with Crippen LogP contribution < -0.4 is 5.32 Å². The quantitative estimate of drug-likeness (QED) is 0.506. The van der Waals surface area contributed by atoms with Gasteiger partial charge >= 0.3 is 0 Å². The van der Waals surface area contributed by atoms with E-state index >= 15 is 0 Å². The van der Waals surface area contributed by atoms with Gasteiger partial charge in [-0.15, -0.1) is 5.10 Å². The van der Waals surface area contributed by atoms with E-state index in [1.807, 2.05) is 49.4 Å². The van der Waals surface area contributed by atoms with E-state index in [9.17, 15) is 4.79 Å². The molecule has 0 unspecified atom stereocenters. The molecule has 0 aliphatic heterocycles. The van der Waals surface area contributed by atoms with Crippen LogP contribution in [0.3, 0.4) is 0 Å². The third-order valence-electron chi connectivity index (χ3n) is 4.73. The molecule has 5 aromatic rings. The molecule has 0 fully saturated rings. The molecule has 7 nitrogen and oxygen atoms in total. The van der Waals surface area contributed by atoms with E-state index in [1.54, 1.807) is 23.0 Å². The lowest BCUT2D eigenvalue weighted by Crippen LogP contribution is -2.15. The van der Waals surface area contributed by atoms with Crippen molar-refractivity contribution in [2.45, 2.75) is 13.3 Å². The first-order valence-electron chi connectivity index (χ1n) is 9.21. The second-order valence-corrected chi connectivity index (χ2v) is 6.80. The summed E-state index contributed by atoms with van der Waals surface area (Å²) >= 11 is 0. The van der Waals surface area contributed by atoms with Gasteiger partial charge in [0.05, 0.1) is 18.2 Å². The Morgan fingerprint density at radius 3 is 2.69 bits per heavy atom. The second kappa shape index (κ2) is 6.87. The Hall–Kier alpha value is -4.00. The minimum Gasteiger partial charge on any atom is -0.417 e. The van der Waals surface area contributed by atoms with E-state index in [-0.39, 0.29) is 12.3 Å². The Morgan fingerprint density at radius 2 is 1.90 bits per heavy atom. The van der Waals surface area contributed by atoms with E-state index in [2.05, 4.69) is 26.4 Å². The van der Waals surface area contributed by atoms with Crippen molar-refractivity contribution in [2.24, 2.45) is 0 Å². The van der Waals surface area contributed by atoms with E-state index in [0.717, 1.165) is 27.7 Å². The van der Waals surface area contributed by atoms with Crippen molar-refractivity contribution in [3.05, 3.63) is 78.4 Å². The lowest BCUT2D eigenvalue weighted by Gasteiger charge is -2.06. The maximum absolute atomic E-state index is 12.4. The molecule has 142 valence electrons. The fraction of sp³-hybridized carbons (Fsp3) is 0.0909. The highest BCUT2D eigenvalue weighted by molar-refractivity contribution is 5.92. The van der Waals surface area contributed by atoms with Crippen LogP contribution in [-0.4, -0.2) is 25.5 Å². The fourth-order valence-electron chi connectivity index (χ4n) is 3.25. The van der Waals surface area contributed by atoms with E-state index in [4.69, 9.17) is 4.42 Å². The highest BCUT2D eigenvalue weighted by atomic mass is 16.4. The van der Waals surface area contributed by atoms with Crippen LogP contribution in [-0.2, 0) is 11.2 Å². The minimum absolute atomic E-state index is 0.118. The van der Waals surface area contributed by atoms with Crippen molar-refractivity contribution < 1.29 is 9.21 Å². The number of rotatable bonds is 4. The summed E-state index contributed by atoms with van der Waals surface area (Å²) in [6.07, 6.45) is 3.53. The third-order valence-corrected chi connectivity index (χ3v) is 4.73. The highest BCUT2D eigenvalue weighted by Gasteiger charge is 2.12. The number of carbonyl (C=O) groups is 1. The number of anilines is 1. The number of amides is 1. The molecule has 0 atom stereocenters. The number of hydrogen-bond donors (Lipinski definition) is 1. The van der Waals surface area contributed by atoms with Gasteiger partial charge in [-0.3, -0.25) is 4.79 Å². The van der Waals surface area contributed by atoms with Crippen LogP contribution in [0.2, 0.25) is 0 Å². The molecule has 0 bridgehead atoms. The summed E-state index contributed by atoms with van der Waals surface area (Å²) in [6, 6.07) is 17.7. The van der Waals surface area contributed by atoms with Gasteiger partial charge in [0.25, 0.3) is 0 Å². The first kappa shape index (κ1) is 17.1. The Bertz CT molecular complexity index is 1330. The zero-order valence-corrected chi connectivity index (χ0v) is 15.7. The number of hydrogen-bond acceptors (Lipinski definition) is 5. The van der Waals surface area contributed by atoms with Gasteiger partial charge in [0.2, 0.25) is 17.5 Å². The molecule has 3 aromatic heterocycles. The molecule has 0 saturated carbocycles. The molecule has 7 heteroatoms. The average molecular weight is 383 g/mol. The van der Waals surface area contributed by atoms with E-state index in [0.29, 0.717) is 17.4 Å². The SMILES string of the molecule is Cc1ncc2oc(-c3ccc(NC(=O)Cc4ccc5ccccc5c4)nc3)nn12. The molecule has 0 aliphatic rings. The Morgan fingerprint density at radius 1 is 1.03 bits per heavy atom. The maximum atomic E-state index is 12.4. The molecular weight excluding hydrogens is 366 g/mol. The lowest BCUT2D eigenvalue weighted by molar-refractivity contribution is -0.115. The molecule has 0 radical (unpaired) electrons. The summed E-state index contributed by atoms with van der Waals surface area (Å²) < 4.78 is 7.31. The zero-order chi connectivity index (χ0) is 19.8. The van der Waals surface area contributed by atoms with Crippen LogP contribution in [0.5, 0.6) is 0 Å².